The summed E-state index contributed by atoms with van der Waals surface area (Å²) in [6.07, 6.45) is 0. The molecular weight excluding hydrogens is 249 g/mol. The van der Waals surface area contributed by atoms with Crippen LogP contribution >= 0.6 is 0 Å². The van der Waals surface area contributed by atoms with Crippen molar-refractivity contribution in [2.45, 2.75) is 19.9 Å². The number of anilines is 2. The maximum atomic E-state index is 12.7. The van der Waals surface area contributed by atoms with Gasteiger partial charge in [0.05, 0.1) is 0 Å². The van der Waals surface area contributed by atoms with Crippen LogP contribution in [0.25, 0.3) is 0 Å². The Balaban J connectivity index is 1.94. The van der Waals surface area contributed by atoms with Crippen molar-refractivity contribution >= 4 is 17.4 Å². The number of nitrogens with one attached hydrogen (secondary N) is 2. The second kappa shape index (κ2) is 5.51. The highest BCUT2D eigenvalue weighted by Crippen LogP contribution is 2.11. The molecule has 2 N–H and O–H groups in total. The minimum absolute atomic E-state index is 0.252. The average Bonchev–Trinajstić information content (AvgIpc) is 2.77. The second-order valence-corrected chi connectivity index (χ2v) is 4.18. The Morgan fingerprint density at radius 3 is 2.63 bits per heavy atom. The van der Waals surface area contributed by atoms with Crippen LogP contribution in [-0.4, -0.2) is 17.1 Å². The van der Waals surface area contributed by atoms with E-state index < -0.39 is 6.04 Å². The molecule has 0 fully saturated rings. The Morgan fingerprint density at radius 2 is 2.05 bits per heavy atom. The van der Waals surface area contributed by atoms with Gasteiger partial charge in [0.1, 0.15) is 17.6 Å². The second-order valence-electron chi connectivity index (χ2n) is 4.18. The Hall–Kier alpha value is -2.37. The van der Waals surface area contributed by atoms with E-state index in [-0.39, 0.29) is 11.7 Å². The van der Waals surface area contributed by atoms with Gasteiger partial charge in [0.25, 0.3) is 0 Å². The maximum Gasteiger partial charge on any atom is 0.247 e. The van der Waals surface area contributed by atoms with Crippen LogP contribution in [0.2, 0.25) is 0 Å². The van der Waals surface area contributed by atoms with Crippen LogP contribution in [0.5, 0.6) is 0 Å². The van der Waals surface area contributed by atoms with Gasteiger partial charge in [-0.05, 0) is 38.1 Å². The third kappa shape index (κ3) is 3.54. The third-order valence-electron chi connectivity index (χ3n) is 2.50. The number of halogens is 1. The van der Waals surface area contributed by atoms with E-state index >= 15 is 0 Å². The zero-order valence-electron chi connectivity index (χ0n) is 10.6. The molecule has 0 saturated carbocycles. The molecule has 0 aliphatic heterocycles. The van der Waals surface area contributed by atoms with E-state index in [1.807, 2.05) is 0 Å². The third-order valence-corrected chi connectivity index (χ3v) is 2.50. The Bertz CT molecular complexity index is 566. The summed E-state index contributed by atoms with van der Waals surface area (Å²) in [5.41, 5.74) is 0.667. The molecule has 1 atom stereocenters. The van der Waals surface area contributed by atoms with E-state index in [2.05, 4.69) is 15.8 Å². The number of hydrogen-bond acceptors (Lipinski definition) is 4. The van der Waals surface area contributed by atoms with Crippen LogP contribution in [-0.2, 0) is 4.79 Å². The number of amides is 1. The van der Waals surface area contributed by atoms with Crippen molar-refractivity contribution in [3.63, 3.8) is 0 Å². The van der Waals surface area contributed by atoms with Crippen molar-refractivity contribution < 1.29 is 13.7 Å². The molecule has 5 nitrogen and oxygen atoms in total. The maximum absolute atomic E-state index is 12.7. The summed E-state index contributed by atoms with van der Waals surface area (Å²) in [5, 5.41) is 9.25. The van der Waals surface area contributed by atoms with Gasteiger partial charge >= 0.3 is 0 Å². The van der Waals surface area contributed by atoms with E-state index in [0.29, 0.717) is 17.3 Å². The summed E-state index contributed by atoms with van der Waals surface area (Å²) in [4.78, 5) is 11.9. The summed E-state index contributed by atoms with van der Waals surface area (Å²) in [7, 11) is 0. The molecule has 1 aromatic carbocycles. The lowest BCUT2D eigenvalue weighted by atomic mass is 10.2. The molecule has 2 aromatic rings. The predicted molar refractivity (Wildman–Crippen MR) is 69.4 cm³/mol. The molecule has 1 heterocycles. The first-order valence-corrected chi connectivity index (χ1v) is 5.81. The van der Waals surface area contributed by atoms with Crippen LogP contribution in [0.3, 0.4) is 0 Å². The number of carbonyl (C=O) groups excluding carboxylic acids is 1. The van der Waals surface area contributed by atoms with Gasteiger partial charge in [0.15, 0.2) is 5.82 Å². The first-order valence-electron chi connectivity index (χ1n) is 5.81. The number of nitrogens with zero attached hydrogens (tertiary/aromatic N) is 1. The van der Waals surface area contributed by atoms with Gasteiger partial charge in [-0.2, -0.15) is 0 Å². The standard InChI is InChI=1S/C13H14FN3O2/c1-8-7-12(17-19-8)16-13(18)9(2)15-11-5-3-10(14)4-6-11/h3-7,9,15H,1-2H3,(H,16,17,18)/t9-/m1/s1. The highest BCUT2D eigenvalue weighted by atomic mass is 19.1. The van der Waals surface area contributed by atoms with E-state index in [1.54, 1.807) is 32.0 Å². The van der Waals surface area contributed by atoms with Gasteiger partial charge in [-0.3, -0.25) is 4.79 Å². The zero-order chi connectivity index (χ0) is 13.8. The minimum Gasteiger partial charge on any atom is -0.374 e. The first-order chi connectivity index (χ1) is 9.04. The lowest BCUT2D eigenvalue weighted by Crippen LogP contribution is -2.31. The van der Waals surface area contributed by atoms with Gasteiger partial charge in [0, 0.05) is 11.8 Å². The van der Waals surface area contributed by atoms with Crippen molar-refractivity contribution in [3.05, 3.63) is 41.9 Å². The molecule has 0 aliphatic rings. The fraction of sp³-hybridized carbons (Fsp3) is 0.231. The normalized spacial score (nSPS) is 11.9. The highest BCUT2D eigenvalue weighted by molar-refractivity contribution is 5.95. The topological polar surface area (TPSA) is 67.2 Å². The molecular formula is C13H14FN3O2. The molecule has 19 heavy (non-hydrogen) atoms. The van der Waals surface area contributed by atoms with Gasteiger partial charge in [-0.25, -0.2) is 4.39 Å². The van der Waals surface area contributed by atoms with Gasteiger partial charge < -0.3 is 15.2 Å². The van der Waals surface area contributed by atoms with Gasteiger partial charge in [-0.15, -0.1) is 0 Å². The molecule has 6 heteroatoms. The Kier molecular flexibility index (Phi) is 3.79. The largest absolute Gasteiger partial charge is 0.374 e. The lowest BCUT2D eigenvalue weighted by Gasteiger charge is -2.13. The van der Waals surface area contributed by atoms with E-state index in [4.69, 9.17) is 4.52 Å². The number of hydrogen-bond donors (Lipinski definition) is 2. The SMILES string of the molecule is Cc1cc(NC(=O)[C@@H](C)Nc2ccc(F)cc2)no1. The fourth-order valence-corrected chi connectivity index (χ4v) is 1.52. The molecule has 0 saturated heterocycles. The average molecular weight is 263 g/mol. The number of aryl methyl sites for hydroxylation is 1. The Labute approximate surface area is 109 Å². The molecule has 0 radical (unpaired) electrons. The van der Waals surface area contributed by atoms with Gasteiger partial charge in [0.2, 0.25) is 5.91 Å². The quantitative estimate of drug-likeness (QED) is 0.889. The van der Waals surface area contributed by atoms with Crippen molar-refractivity contribution in [3.8, 4) is 0 Å². The number of benzene rings is 1. The molecule has 1 amide bonds. The predicted octanol–water partition coefficient (Wildman–Crippen LogP) is 2.56. The van der Waals surface area contributed by atoms with Crippen molar-refractivity contribution in [1.29, 1.82) is 0 Å². The first kappa shape index (κ1) is 13.1. The molecule has 2 rings (SSSR count). The van der Waals surface area contributed by atoms with E-state index in [0.717, 1.165) is 0 Å². The number of carbonyl (C=O) groups is 1. The molecule has 0 spiro atoms. The van der Waals surface area contributed by atoms with Crippen LogP contribution in [0.1, 0.15) is 12.7 Å². The molecule has 0 bridgehead atoms. The van der Waals surface area contributed by atoms with Crippen LogP contribution in [0.15, 0.2) is 34.9 Å². The van der Waals surface area contributed by atoms with Crippen molar-refractivity contribution in [1.82, 2.24) is 5.16 Å². The van der Waals surface area contributed by atoms with Crippen LogP contribution in [0, 0.1) is 12.7 Å². The van der Waals surface area contributed by atoms with Gasteiger partial charge in [-0.1, -0.05) is 5.16 Å². The highest BCUT2D eigenvalue weighted by Gasteiger charge is 2.14. The molecule has 1 aromatic heterocycles. The van der Waals surface area contributed by atoms with Crippen molar-refractivity contribution in [2.75, 3.05) is 10.6 Å². The van der Waals surface area contributed by atoms with E-state index in [9.17, 15) is 9.18 Å². The Morgan fingerprint density at radius 1 is 1.37 bits per heavy atom. The van der Waals surface area contributed by atoms with Crippen LogP contribution < -0.4 is 10.6 Å². The summed E-state index contributed by atoms with van der Waals surface area (Å²) >= 11 is 0. The molecule has 0 aliphatic carbocycles. The fourth-order valence-electron chi connectivity index (χ4n) is 1.52. The smallest absolute Gasteiger partial charge is 0.247 e. The number of aromatic nitrogens is 1. The summed E-state index contributed by atoms with van der Waals surface area (Å²) in [6, 6.07) is 6.94. The minimum atomic E-state index is -0.484. The summed E-state index contributed by atoms with van der Waals surface area (Å²) < 4.78 is 17.6. The molecule has 0 unspecified atom stereocenters. The van der Waals surface area contributed by atoms with Crippen molar-refractivity contribution in [2.24, 2.45) is 0 Å². The van der Waals surface area contributed by atoms with Crippen LogP contribution in [0.4, 0.5) is 15.9 Å². The van der Waals surface area contributed by atoms with E-state index in [1.165, 1.54) is 12.1 Å². The lowest BCUT2D eigenvalue weighted by molar-refractivity contribution is -0.116. The number of rotatable bonds is 4. The summed E-state index contributed by atoms with van der Waals surface area (Å²) in [6.45, 7) is 3.44. The molecule has 100 valence electrons. The summed E-state index contributed by atoms with van der Waals surface area (Å²) in [5.74, 6) is 0.419. The monoisotopic (exact) mass is 263 g/mol. The zero-order valence-corrected chi connectivity index (χ0v) is 10.6.